The molecule has 7 aromatic carbocycles. The predicted octanol–water partition coefficient (Wildman–Crippen LogP) is 10.5. The van der Waals surface area contributed by atoms with Crippen LogP contribution in [0.2, 0.25) is 0 Å². The van der Waals surface area contributed by atoms with E-state index in [0.717, 1.165) is 11.4 Å². The van der Waals surface area contributed by atoms with Crippen LogP contribution in [0.3, 0.4) is 0 Å². The van der Waals surface area contributed by atoms with Crippen molar-refractivity contribution in [2.24, 2.45) is 0 Å². The van der Waals surface area contributed by atoms with Crippen molar-refractivity contribution >= 4 is 72.4 Å². The van der Waals surface area contributed by atoms with Gasteiger partial charge in [0.2, 0.25) is 0 Å². The van der Waals surface area contributed by atoms with Gasteiger partial charge in [0.1, 0.15) is 0 Å². The molecule has 1 heterocycles. The second-order valence-corrected chi connectivity index (χ2v) is 12.4. The van der Waals surface area contributed by atoms with Crippen LogP contribution in [0.15, 0.2) is 152 Å². The molecule has 0 atom stereocenters. The molecule has 8 rings (SSSR count). The summed E-state index contributed by atoms with van der Waals surface area (Å²) < 4.78 is 2.94. The van der Waals surface area contributed by atoms with Crippen molar-refractivity contribution < 1.29 is 0 Å². The van der Waals surface area contributed by atoms with Gasteiger partial charge in [0.25, 0.3) is 0 Å². The molecule has 0 bridgehead atoms. The number of hydrogen-bond donors (Lipinski definition) is 0. The fraction of sp³-hybridized carbons (Fsp3) is 0. The molecule has 40 heavy (non-hydrogen) atoms. The average Bonchev–Trinajstić information content (AvgIpc) is 3.42. The maximum absolute atomic E-state index is 2.44. The molecule has 8 aromatic rings. The van der Waals surface area contributed by atoms with Crippen LogP contribution in [-0.4, -0.2) is 14.5 Å². The van der Waals surface area contributed by atoms with E-state index >= 15 is 0 Å². The molecule has 188 valence electrons. The van der Waals surface area contributed by atoms with Gasteiger partial charge in [-0.1, -0.05) is 0 Å². The standard InChI is InChI=1S/C38H25NSe/c1-3-11-26(12-4-1)27-21-23-31(24-22-27)39(30-14-5-2-6-15-30)34-25-29-20-19-28-13-7-8-16-32(28)36(29)38-37(34)33-17-9-10-18-35(33)40-38/h1-25H. The van der Waals surface area contributed by atoms with Crippen LogP contribution >= 0.6 is 0 Å². The Morgan fingerprint density at radius 1 is 0.425 bits per heavy atom. The summed E-state index contributed by atoms with van der Waals surface area (Å²) in [7, 11) is 0. The minimum atomic E-state index is 0.226. The van der Waals surface area contributed by atoms with Crippen molar-refractivity contribution in [3.05, 3.63) is 152 Å². The first-order chi connectivity index (χ1) is 19.8. The summed E-state index contributed by atoms with van der Waals surface area (Å²) in [5, 5.41) is 8.08. The Kier molecular flexibility index (Phi) is 5.55. The van der Waals surface area contributed by atoms with E-state index in [1.807, 2.05) is 0 Å². The summed E-state index contributed by atoms with van der Waals surface area (Å²) in [5.74, 6) is 0. The van der Waals surface area contributed by atoms with Crippen molar-refractivity contribution in [3.8, 4) is 11.1 Å². The van der Waals surface area contributed by atoms with Gasteiger partial charge in [-0.05, 0) is 0 Å². The number of para-hydroxylation sites is 1. The quantitative estimate of drug-likeness (QED) is 0.149. The molecular weight excluding hydrogens is 549 g/mol. The van der Waals surface area contributed by atoms with Gasteiger partial charge >= 0.3 is 240 Å². The van der Waals surface area contributed by atoms with Crippen molar-refractivity contribution in [2.75, 3.05) is 4.90 Å². The zero-order valence-corrected chi connectivity index (χ0v) is 23.5. The Bertz CT molecular complexity index is 2140. The zero-order valence-electron chi connectivity index (χ0n) is 21.8. The first-order valence-electron chi connectivity index (χ1n) is 13.6. The van der Waals surface area contributed by atoms with E-state index in [-0.39, 0.29) is 14.5 Å². The second-order valence-electron chi connectivity index (χ2n) is 10.2. The summed E-state index contributed by atoms with van der Waals surface area (Å²) in [6.45, 7) is 0. The van der Waals surface area contributed by atoms with Crippen LogP contribution in [0.5, 0.6) is 0 Å². The van der Waals surface area contributed by atoms with Crippen molar-refractivity contribution in [1.29, 1.82) is 0 Å². The third-order valence-electron chi connectivity index (χ3n) is 7.82. The summed E-state index contributed by atoms with van der Waals surface area (Å²) in [4.78, 5) is 2.44. The number of rotatable bonds is 4. The number of benzene rings is 7. The molecule has 0 fully saturated rings. The minimum absolute atomic E-state index is 0.226. The van der Waals surface area contributed by atoms with Gasteiger partial charge in [0.15, 0.2) is 0 Å². The number of anilines is 3. The van der Waals surface area contributed by atoms with Crippen LogP contribution in [0.1, 0.15) is 0 Å². The van der Waals surface area contributed by atoms with E-state index in [9.17, 15) is 0 Å². The summed E-state index contributed by atoms with van der Waals surface area (Å²) in [5.41, 5.74) is 6.01. The normalized spacial score (nSPS) is 11.5. The maximum atomic E-state index is 2.44. The predicted molar refractivity (Wildman–Crippen MR) is 174 cm³/mol. The molecule has 0 spiro atoms. The van der Waals surface area contributed by atoms with Gasteiger partial charge in [0, 0.05) is 0 Å². The third-order valence-corrected chi connectivity index (χ3v) is 10.3. The number of hydrogen-bond acceptors (Lipinski definition) is 1. The molecule has 1 aromatic heterocycles. The van der Waals surface area contributed by atoms with Gasteiger partial charge in [-0.15, -0.1) is 0 Å². The topological polar surface area (TPSA) is 3.24 Å². The zero-order chi connectivity index (χ0) is 26.5. The molecule has 0 aliphatic heterocycles. The van der Waals surface area contributed by atoms with E-state index in [4.69, 9.17) is 0 Å². The first kappa shape index (κ1) is 23.3. The molecule has 0 amide bonds. The number of fused-ring (bicyclic) bond motifs is 7. The SMILES string of the molecule is c1ccc(-c2ccc(N(c3ccccc3)c3cc4ccc5ccccc5c4c4[se]c5ccccc5c34)cc2)cc1. The van der Waals surface area contributed by atoms with Gasteiger partial charge in [-0.25, -0.2) is 0 Å². The summed E-state index contributed by atoms with van der Waals surface area (Å²) >= 11 is 0.226. The van der Waals surface area contributed by atoms with Gasteiger partial charge in [-0.3, -0.25) is 0 Å². The fourth-order valence-electron chi connectivity index (χ4n) is 5.97. The van der Waals surface area contributed by atoms with E-state index in [0.29, 0.717) is 0 Å². The molecule has 0 saturated carbocycles. The monoisotopic (exact) mass is 575 g/mol. The molecule has 0 aliphatic carbocycles. The third kappa shape index (κ3) is 3.77. The van der Waals surface area contributed by atoms with Crippen molar-refractivity contribution in [2.45, 2.75) is 0 Å². The molecule has 0 unspecified atom stereocenters. The molecule has 1 nitrogen and oxygen atoms in total. The average molecular weight is 575 g/mol. The molecule has 0 N–H and O–H groups in total. The fourth-order valence-corrected chi connectivity index (χ4v) is 8.68. The Labute approximate surface area is 239 Å². The van der Waals surface area contributed by atoms with Crippen LogP contribution in [0.4, 0.5) is 17.1 Å². The van der Waals surface area contributed by atoms with E-state index in [1.165, 1.54) is 57.7 Å². The van der Waals surface area contributed by atoms with E-state index in [2.05, 4.69) is 157 Å². The van der Waals surface area contributed by atoms with Crippen LogP contribution in [0.25, 0.3) is 52.0 Å². The molecular formula is C38H25NSe. The summed E-state index contributed by atoms with van der Waals surface area (Å²) in [6.07, 6.45) is 0. The van der Waals surface area contributed by atoms with Crippen molar-refractivity contribution in [1.82, 2.24) is 0 Å². The Morgan fingerprint density at radius 2 is 1.02 bits per heavy atom. The first-order valence-corrected chi connectivity index (χ1v) is 15.3. The molecule has 0 saturated heterocycles. The number of nitrogens with zero attached hydrogens (tertiary/aromatic N) is 1. The van der Waals surface area contributed by atoms with Gasteiger partial charge < -0.3 is 0 Å². The van der Waals surface area contributed by atoms with Gasteiger partial charge in [-0.2, -0.15) is 0 Å². The molecule has 0 radical (unpaired) electrons. The van der Waals surface area contributed by atoms with E-state index < -0.39 is 0 Å². The molecule has 2 heteroatoms. The van der Waals surface area contributed by atoms with Crippen LogP contribution in [-0.2, 0) is 0 Å². The Hall–Kier alpha value is -4.62. The van der Waals surface area contributed by atoms with Crippen LogP contribution < -0.4 is 4.90 Å². The summed E-state index contributed by atoms with van der Waals surface area (Å²) in [6, 6.07) is 55.2. The Morgan fingerprint density at radius 3 is 1.82 bits per heavy atom. The molecule has 0 aliphatic rings. The van der Waals surface area contributed by atoms with Crippen LogP contribution in [0, 0.1) is 0 Å². The van der Waals surface area contributed by atoms with Gasteiger partial charge in [0.05, 0.1) is 0 Å². The second kappa shape index (κ2) is 9.54. The van der Waals surface area contributed by atoms with E-state index in [1.54, 1.807) is 0 Å². The van der Waals surface area contributed by atoms with Crippen molar-refractivity contribution in [3.63, 3.8) is 0 Å². The Balaban J connectivity index is 1.45.